The smallest absolute Gasteiger partial charge is 0.0487 e. The Hall–Kier alpha value is -1.80. The van der Waals surface area contributed by atoms with Gasteiger partial charge in [-0.15, -0.1) is 0 Å². The average Bonchev–Trinajstić information content (AvgIpc) is 2.50. The molecule has 0 saturated heterocycles. The Morgan fingerprint density at radius 3 is 2.20 bits per heavy atom. The standard InChI is InChI=1S/C18H24N2/c1-2-3-5-8-16-11-13-17(14-12-16)15-19-20-18-9-6-4-7-10-18/h4,6-7,9-14,19-20H,2-3,5,8,15H2,1H3. The van der Waals surface area contributed by atoms with Gasteiger partial charge >= 0.3 is 0 Å². The first kappa shape index (κ1) is 14.6. The first-order chi connectivity index (χ1) is 9.88. The minimum atomic E-state index is 0.824. The maximum Gasteiger partial charge on any atom is 0.0487 e. The summed E-state index contributed by atoms with van der Waals surface area (Å²) in [6.45, 7) is 3.07. The van der Waals surface area contributed by atoms with Crippen molar-refractivity contribution in [3.63, 3.8) is 0 Å². The summed E-state index contributed by atoms with van der Waals surface area (Å²) in [5.74, 6) is 0. The number of anilines is 1. The molecule has 2 nitrogen and oxygen atoms in total. The van der Waals surface area contributed by atoms with E-state index in [0.717, 1.165) is 12.2 Å². The van der Waals surface area contributed by atoms with Gasteiger partial charge in [-0.2, -0.15) is 0 Å². The second-order valence-electron chi connectivity index (χ2n) is 5.12. The van der Waals surface area contributed by atoms with E-state index in [4.69, 9.17) is 0 Å². The van der Waals surface area contributed by atoms with Crippen LogP contribution in [0.15, 0.2) is 54.6 Å². The van der Waals surface area contributed by atoms with Gasteiger partial charge in [-0.25, -0.2) is 5.43 Å². The van der Waals surface area contributed by atoms with Crippen molar-refractivity contribution in [1.82, 2.24) is 5.43 Å². The zero-order valence-corrected chi connectivity index (χ0v) is 12.2. The number of unbranched alkanes of at least 4 members (excludes halogenated alkanes) is 2. The van der Waals surface area contributed by atoms with Gasteiger partial charge in [0.2, 0.25) is 0 Å². The zero-order chi connectivity index (χ0) is 14.0. The number of hydrogen-bond acceptors (Lipinski definition) is 2. The first-order valence-electron chi connectivity index (χ1n) is 7.50. The molecule has 0 aromatic heterocycles. The summed E-state index contributed by atoms with van der Waals surface area (Å²) < 4.78 is 0. The normalized spacial score (nSPS) is 10.4. The van der Waals surface area contributed by atoms with Crippen molar-refractivity contribution in [2.45, 2.75) is 39.2 Å². The van der Waals surface area contributed by atoms with Crippen LogP contribution in [-0.2, 0) is 13.0 Å². The Morgan fingerprint density at radius 2 is 1.50 bits per heavy atom. The molecule has 2 heteroatoms. The van der Waals surface area contributed by atoms with Gasteiger partial charge in [-0.3, -0.25) is 0 Å². The molecule has 0 bridgehead atoms. The van der Waals surface area contributed by atoms with Gasteiger partial charge < -0.3 is 5.43 Å². The SMILES string of the molecule is CCCCCc1ccc(CNNc2ccccc2)cc1. The van der Waals surface area contributed by atoms with Crippen molar-refractivity contribution < 1.29 is 0 Å². The minimum absolute atomic E-state index is 0.824. The van der Waals surface area contributed by atoms with Gasteiger partial charge in [-0.05, 0) is 36.1 Å². The van der Waals surface area contributed by atoms with Crippen LogP contribution in [0.25, 0.3) is 0 Å². The lowest BCUT2D eigenvalue weighted by Crippen LogP contribution is -2.20. The lowest BCUT2D eigenvalue weighted by molar-refractivity contribution is 0.717. The fourth-order valence-electron chi connectivity index (χ4n) is 2.17. The van der Waals surface area contributed by atoms with E-state index < -0.39 is 0 Å². The number of para-hydroxylation sites is 1. The third-order valence-corrected chi connectivity index (χ3v) is 3.39. The van der Waals surface area contributed by atoms with Gasteiger partial charge in [-0.1, -0.05) is 62.2 Å². The van der Waals surface area contributed by atoms with Gasteiger partial charge in [0.15, 0.2) is 0 Å². The molecule has 0 radical (unpaired) electrons. The van der Waals surface area contributed by atoms with Gasteiger partial charge in [0.25, 0.3) is 0 Å². The summed E-state index contributed by atoms with van der Waals surface area (Å²) in [7, 11) is 0. The van der Waals surface area contributed by atoms with E-state index in [-0.39, 0.29) is 0 Å². The maximum absolute atomic E-state index is 3.24. The molecule has 0 aliphatic heterocycles. The second kappa shape index (κ2) is 8.39. The Morgan fingerprint density at radius 1 is 0.800 bits per heavy atom. The van der Waals surface area contributed by atoms with Crippen molar-refractivity contribution in [3.8, 4) is 0 Å². The first-order valence-corrected chi connectivity index (χ1v) is 7.50. The van der Waals surface area contributed by atoms with Crippen LogP contribution in [0.3, 0.4) is 0 Å². The summed E-state index contributed by atoms with van der Waals surface area (Å²) in [5, 5.41) is 0. The van der Waals surface area contributed by atoms with Gasteiger partial charge in [0.05, 0.1) is 0 Å². The van der Waals surface area contributed by atoms with E-state index in [9.17, 15) is 0 Å². The lowest BCUT2D eigenvalue weighted by atomic mass is 10.1. The zero-order valence-electron chi connectivity index (χ0n) is 12.2. The highest BCUT2D eigenvalue weighted by Gasteiger charge is 1.95. The van der Waals surface area contributed by atoms with Crippen LogP contribution in [0.4, 0.5) is 5.69 Å². The van der Waals surface area contributed by atoms with Crippen molar-refractivity contribution in [2.24, 2.45) is 0 Å². The number of aryl methyl sites for hydroxylation is 1. The number of rotatable bonds is 8. The van der Waals surface area contributed by atoms with E-state index >= 15 is 0 Å². The topological polar surface area (TPSA) is 24.1 Å². The monoisotopic (exact) mass is 268 g/mol. The van der Waals surface area contributed by atoms with E-state index in [1.807, 2.05) is 30.3 Å². The fraction of sp³-hybridized carbons (Fsp3) is 0.333. The predicted octanol–water partition coefficient (Wildman–Crippen LogP) is 4.54. The molecule has 20 heavy (non-hydrogen) atoms. The molecule has 0 unspecified atom stereocenters. The highest BCUT2D eigenvalue weighted by Crippen LogP contribution is 2.09. The van der Waals surface area contributed by atoms with Gasteiger partial charge in [0, 0.05) is 12.2 Å². The highest BCUT2D eigenvalue weighted by atomic mass is 15.3. The summed E-state index contributed by atoms with van der Waals surface area (Å²) in [4.78, 5) is 0. The Labute approximate surface area is 122 Å². The van der Waals surface area contributed by atoms with Crippen LogP contribution in [0.1, 0.15) is 37.3 Å². The van der Waals surface area contributed by atoms with E-state index in [0.29, 0.717) is 0 Å². The third-order valence-electron chi connectivity index (χ3n) is 3.39. The molecule has 2 N–H and O–H groups in total. The molecule has 0 aliphatic rings. The minimum Gasteiger partial charge on any atom is -0.321 e. The Balaban J connectivity index is 1.73. The van der Waals surface area contributed by atoms with Crippen LogP contribution < -0.4 is 10.9 Å². The van der Waals surface area contributed by atoms with Crippen molar-refractivity contribution in [1.29, 1.82) is 0 Å². The molecule has 0 amide bonds. The predicted molar refractivity (Wildman–Crippen MR) is 86.6 cm³/mol. The molecule has 2 aromatic carbocycles. The Kier molecular flexibility index (Phi) is 6.12. The molecule has 0 fully saturated rings. The highest BCUT2D eigenvalue weighted by molar-refractivity contribution is 5.41. The molecule has 0 atom stereocenters. The molecular weight excluding hydrogens is 244 g/mol. The number of nitrogens with one attached hydrogen (secondary N) is 2. The van der Waals surface area contributed by atoms with Crippen LogP contribution in [-0.4, -0.2) is 0 Å². The molecule has 0 saturated carbocycles. The number of hydrogen-bond donors (Lipinski definition) is 2. The summed E-state index contributed by atoms with van der Waals surface area (Å²) in [5.41, 5.74) is 10.3. The van der Waals surface area contributed by atoms with Crippen LogP contribution >= 0.6 is 0 Å². The summed E-state index contributed by atoms with van der Waals surface area (Å²) >= 11 is 0. The fourth-order valence-corrected chi connectivity index (χ4v) is 2.17. The van der Waals surface area contributed by atoms with Crippen molar-refractivity contribution >= 4 is 5.69 Å². The van der Waals surface area contributed by atoms with Gasteiger partial charge in [0.1, 0.15) is 0 Å². The number of hydrazine groups is 1. The van der Waals surface area contributed by atoms with E-state index in [1.165, 1.54) is 36.8 Å². The molecule has 2 rings (SSSR count). The summed E-state index contributed by atoms with van der Waals surface area (Å²) in [6, 6.07) is 19.1. The molecule has 106 valence electrons. The average molecular weight is 268 g/mol. The largest absolute Gasteiger partial charge is 0.321 e. The molecule has 0 aliphatic carbocycles. The molecule has 0 heterocycles. The molecule has 0 spiro atoms. The quantitative estimate of drug-likeness (QED) is 0.542. The maximum atomic E-state index is 3.24. The Bertz CT molecular complexity index is 477. The van der Waals surface area contributed by atoms with Crippen LogP contribution in [0.5, 0.6) is 0 Å². The van der Waals surface area contributed by atoms with Crippen molar-refractivity contribution in [3.05, 3.63) is 65.7 Å². The third kappa shape index (κ3) is 5.06. The second-order valence-corrected chi connectivity index (χ2v) is 5.12. The van der Waals surface area contributed by atoms with Crippen LogP contribution in [0.2, 0.25) is 0 Å². The molecular formula is C18H24N2. The lowest BCUT2D eigenvalue weighted by Gasteiger charge is -2.09. The molecule has 2 aromatic rings. The number of benzene rings is 2. The van der Waals surface area contributed by atoms with E-state index in [2.05, 4.69) is 42.0 Å². The van der Waals surface area contributed by atoms with Crippen molar-refractivity contribution in [2.75, 3.05) is 5.43 Å². The summed E-state index contributed by atoms with van der Waals surface area (Å²) in [6.07, 6.45) is 5.10. The van der Waals surface area contributed by atoms with Crippen LogP contribution in [0, 0.1) is 0 Å². The van der Waals surface area contributed by atoms with E-state index in [1.54, 1.807) is 0 Å².